The summed E-state index contributed by atoms with van der Waals surface area (Å²) in [6, 6.07) is 15.2. The van der Waals surface area contributed by atoms with Crippen LogP contribution in [0.3, 0.4) is 0 Å². The van der Waals surface area contributed by atoms with Gasteiger partial charge in [-0.15, -0.1) is 0 Å². The average molecular weight is 455 g/mol. The predicted molar refractivity (Wildman–Crippen MR) is 123 cm³/mol. The first kappa shape index (κ1) is 24.3. The number of carboxylic acids is 1. The largest absolute Gasteiger partial charge is 0.480 e. The van der Waals surface area contributed by atoms with E-state index in [2.05, 4.69) is 34.9 Å². The number of ether oxygens (including phenoxy) is 2. The van der Waals surface area contributed by atoms with Crippen molar-refractivity contribution in [1.29, 1.82) is 0 Å². The van der Waals surface area contributed by atoms with Crippen molar-refractivity contribution < 1.29 is 29.0 Å². The van der Waals surface area contributed by atoms with E-state index >= 15 is 0 Å². The van der Waals surface area contributed by atoms with Crippen molar-refractivity contribution >= 4 is 18.0 Å². The fourth-order valence-corrected chi connectivity index (χ4v) is 4.01. The fourth-order valence-electron chi connectivity index (χ4n) is 4.01. The van der Waals surface area contributed by atoms with Gasteiger partial charge in [-0.1, -0.05) is 48.5 Å². The quantitative estimate of drug-likeness (QED) is 0.449. The van der Waals surface area contributed by atoms with Crippen LogP contribution in [0.4, 0.5) is 4.79 Å². The molecule has 0 saturated carbocycles. The van der Waals surface area contributed by atoms with Crippen molar-refractivity contribution in [3.63, 3.8) is 0 Å². The minimum absolute atomic E-state index is 0.00326. The average Bonchev–Trinajstić information content (AvgIpc) is 3.14. The smallest absolute Gasteiger partial charge is 0.407 e. The van der Waals surface area contributed by atoms with E-state index in [0.717, 1.165) is 11.1 Å². The van der Waals surface area contributed by atoms with Crippen molar-refractivity contribution in [3.8, 4) is 11.1 Å². The second kappa shape index (κ2) is 11.5. The lowest BCUT2D eigenvalue weighted by Crippen LogP contribution is -2.48. The van der Waals surface area contributed by atoms with E-state index < -0.39 is 24.2 Å². The number of carboxylic acid groups (broad SMARTS) is 1. The molecule has 0 unspecified atom stereocenters. The Morgan fingerprint density at radius 3 is 2.18 bits per heavy atom. The Morgan fingerprint density at radius 1 is 1.00 bits per heavy atom. The number of rotatable bonds is 11. The van der Waals surface area contributed by atoms with Crippen molar-refractivity contribution in [2.45, 2.75) is 44.2 Å². The molecule has 176 valence electrons. The van der Waals surface area contributed by atoms with Crippen LogP contribution in [-0.4, -0.2) is 55.5 Å². The van der Waals surface area contributed by atoms with E-state index in [9.17, 15) is 19.5 Å². The molecule has 0 fully saturated rings. The molecule has 33 heavy (non-hydrogen) atoms. The molecule has 1 aliphatic rings. The highest BCUT2D eigenvalue weighted by Gasteiger charge is 2.29. The molecule has 3 N–H and O–H groups in total. The number of carbonyl (C=O) groups is 3. The van der Waals surface area contributed by atoms with Gasteiger partial charge in [0.05, 0.1) is 6.10 Å². The van der Waals surface area contributed by atoms with Crippen LogP contribution in [0.1, 0.15) is 43.2 Å². The maximum absolute atomic E-state index is 12.2. The summed E-state index contributed by atoms with van der Waals surface area (Å²) in [5.41, 5.74) is 4.65. The Balaban J connectivity index is 1.38. The third-order valence-corrected chi connectivity index (χ3v) is 5.87. The van der Waals surface area contributed by atoms with Crippen molar-refractivity contribution in [1.82, 2.24) is 10.6 Å². The van der Waals surface area contributed by atoms with Gasteiger partial charge in [-0.05, 0) is 42.0 Å². The summed E-state index contributed by atoms with van der Waals surface area (Å²) in [5.74, 6) is -1.51. The Morgan fingerprint density at radius 2 is 1.61 bits per heavy atom. The molecule has 0 bridgehead atoms. The zero-order chi connectivity index (χ0) is 23.8. The summed E-state index contributed by atoms with van der Waals surface area (Å²) in [7, 11) is 1.39. The molecule has 8 heteroatoms. The Bertz CT molecular complexity index is 947. The number of hydrogen-bond donors (Lipinski definition) is 3. The maximum Gasteiger partial charge on any atom is 0.407 e. The first-order valence-corrected chi connectivity index (χ1v) is 11.1. The second-order valence-electron chi connectivity index (χ2n) is 8.03. The van der Waals surface area contributed by atoms with E-state index in [1.807, 2.05) is 24.3 Å². The van der Waals surface area contributed by atoms with Gasteiger partial charge in [-0.3, -0.25) is 4.79 Å². The van der Waals surface area contributed by atoms with E-state index in [1.165, 1.54) is 18.2 Å². The normalized spacial score (nSPS) is 14.0. The van der Waals surface area contributed by atoms with Crippen LogP contribution < -0.4 is 10.6 Å². The lowest BCUT2D eigenvalue weighted by molar-refractivity contribution is -0.145. The first-order valence-electron chi connectivity index (χ1n) is 11.1. The molecule has 0 radical (unpaired) electrons. The van der Waals surface area contributed by atoms with Crippen LogP contribution in [0.2, 0.25) is 0 Å². The van der Waals surface area contributed by atoms with Crippen molar-refractivity contribution in [3.05, 3.63) is 59.7 Å². The first-order chi connectivity index (χ1) is 15.9. The number of hydrogen-bond acceptors (Lipinski definition) is 5. The lowest BCUT2D eigenvalue weighted by atomic mass is 9.98. The molecule has 0 saturated heterocycles. The van der Waals surface area contributed by atoms with E-state index in [-0.39, 0.29) is 24.9 Å². The molecule has 8 nitrogen and oxygen atoms in total. The summed E-state index contributed by atoms with van der Waals surface area (Å²) in [6.45, 7) is 2.19. The van der Waals surface area contributed by atoms with Crippen molar-refractivity contribution in [2.75, 3.05) is 20.3 Å². The zero-order valence-corrected chi connectivity index (χ0v) is 18.9. The molecule has 2 aromatic rings. The molecule has 3 rings (SSSR count). The van der Waals surface area contributed by atoms with Crippen LogP contribution >= 0.6 is 0 Å². The number of carbonyl (C=O) groups excluding carboxylic acids is 2. The van der Waals surface area contributed by atoms with Gasteiger partial charge in [0.1, 0.15) is 6.61 Å². The van der Waals surface area contributed by atoms with Gasteiger partial charge in [0.25, 0.3) is 0 Å². The number of fused-ring (bicyclic) bond motifs is 3. The molecule has 0 aromatic heterocycles. The highest BCUT2D eigenvalue weighted by molar-refractivity contribution is 5.84. The van der Waals surface area contributed by atoms with Gasteiger partial charge in [0.15, 0.2) is 6.04 Å². The van der Waals surface area contributed by atoms with Gasteiger partial charge >= 0.3 is 12.1 Å². The van der Waals surface area contributed by atoms with Crippen LogP contribution in [0.5, 0.6) is 0 Å². The van der Waals surface area contributed by atoms with Gasteiger partial charge in [-0.2, -0.15) is 0 Å². The summed E-state index contributed by atoms with van der Waals surface area (Å²) < 4.78 is 10.5. The summed E-state index contributed by atoms with van der Waals surface area (Å²) >= 11 is 0. The third-order valence-electron chi connectivity index (χ3n) is 5.87. The molecular weight excluding hydrogens is 424 g/mol. The van der Waals surface area contributed by atoms with E-state index in [0.29, 0.717) is 19.4 Å². The molecule has 0 aliphatic heterocycles. The standard InChI is InChI=1S/C25H30N2O6/c1-16(32-2)23(24(29)30)27-22(28)13-7-8-14-26-25(31)33-15-21-19-11-5-3-9-17(19)18-10-4-6-12-20(18)21/h3-6,9-12,16,21,23H,7-8,13-15H2,1-2H3,(H,26,31)(H,27,28)(H,29,30)/t16-,23+/m1/s1. The Hall–Kier alpha value is -3.39. The highest BCUT2D eigenvalue weighted by Crippen LogP contribution is 2.44. The van der Waals surface area contributed by atoms with E-state index in [4.69, 9.17) is 9.47 Å². The number of unbranched alkanes of at least 4 members (excludes halogenated alkanes) is 1. The Labute approximate surface area is 193 Å². The second-order valence-corrected chi connectivity index (χ2v) is 8.03. The molecule has 2 atom stereocenters. The third kappa shape index (κ3) is 6.10. The minimum Gasteiger partial charge on any atom is -0.480 e. The summed E-state index contributed by atoms with van der Waals surface area (Å²) in [4.78, 5) is 35.4. The topological polar surface area (TPSA) is 114 Å². The van der Waals surface area contributed by atoms with Gasteiger partial charge in [0, 0.05) is 26.0 Å². The Kier molecular flexibility index (Phi) is 8.43. The van der Waals surface area contributed by atoms with Gasteiger partial charge < -0.3 is 25.2 Å². The number of nitrogens with one attached hydrogen (secondary N) is 2. The highest BCUT2D eigenvalue weighted by atomic mass is 16.5. The lowest BCUT2D eigenvalue weighted by Gasteiger charge is -2.20. The minimum atomic E-state index is -1.14. The fraction of sp³-hybridized carbons (Fsp3) is 0.400. The number of alkyl carbamates (subject to hydrolysis) is 1. The molecule has 1 aliphatic carbocycles. The predicted octanol–water partition coefficient (Wildman–Crippen LogP) is 3.30. The SMILES string of the molecule is CO[C@H](C)[C@H](NC(=O)CCCCNC(=O)OCC1c2ccccc2-c2ccccc21)C(=O)O. The summed E-state index contributed by atoms with van der Waals surface area (Å²) in [5, 5.41) is 14.3. The molecule has 2 amide bonds. The molecule has 0 spiro atoms. The van der Waals surface area contributed by atoms with Crippen LogP contribution in [0, 0.1) is 0 Å². The monoisotopic (exact) mass is 454 g/mol. The van der Waals surface area contributed by atoms with Crippen LogP contribution in [0.25, 0.3) is 11.1 Å². The van der Waals surface area contributed by atoms with Gasteiger partial charge in [-0.25, -0.2) is 9.59 Å². The van der Waals surface area contributed by atoms with E-state index in [1.54, 1.807) is 6.92 Å². The summed E-state index contributed by atoms with van der Waals surface area (Å²) in [6.07, 6.45) is 0.0909. The maximum atomic E-state index is 12.2. The van der Waals surface area contributed by atoms with Crippen LogP contribution in [-0.2, 0) is 19.1 Å². The molecular formula is C25H30N2O6. The van der Waals surface area contributed by atoms with Crippen LogP contribution in [0.15, 0.2) is 48.5 Å². The number of aliphatic carboxylic acids is 1. The zero-order valence-electron chi connectivity index (χ0n) is 18.9. The molecule has 2 aromatic carbocycles. The number of amides is 2. The number of benzene rings is 2. The number of methoxy groups -OCH3 is 1. The molecule has 0 heterocycles. The van der Waals surface area contributed by atoms with Gasteiger partial charge in [0.2, 0.25) is 5.91 Å². The van der Waals surface area contributed by atoms with Crippen molar-refractivity contribution in [2.24, 2.45) is 0 Å².